The second-order valence-electron chi connectivity index (χ2n) is 5.58. The molecule has 1 aliphatic rings. The van der Waals surface area contributed by atoms with Crippen molar-refractivity contribution < 1.29 is 4.79 Å². The number of halogens is 1. The van der Waals surface area contributed by atoms with E-state index in [1.165, 1.54) is 0 Å². The summed E-state index contributed by atoms with van der Waals surface area (Å²) in [4.78, 5) is 14.9. The zero-order valence-corrected chi connectivity index (χ0v) is 11.6. The number of hydrogen-bond acceptors (Lipinski definition) is 1. The van der Waals surface area contributed by atoms with E-state index in [0.717, 1.165) is 4.47 Å². The van der Waals surface area contributed by atoms with Crippen LogP contribution < -0.4 is 5.32 Å². The van der Waals surface area contributed by atoms with E-state index in [4.69, 9.17) is 0 Å². The van der Waals surface area contributed by atoms with Gasteiger partial charge in [0.05, 0.1) is 0 Å². The van der Waals surface area contributed by atoms with Crippen LogP contribution in [0.4, 0.5) is 0 Å². The highest BCUT2D eigenvalue weighted by Crippen LogP contribution is 2.62. The average molecular weight is 285 g/mol. The summed E-state index contributed by atoms with van der Waals surface area (Å²) >= 11 is 3.32. The molecule has 0 aliphatic heterocycles. The molecular formula is C12H17BrN2O. The third kappa shape index (κ3) is 1.59. The van der Waals surface area contributed by atoms with Crippen LogP contribution in [0.25, 0.3) is 0 Å². The minimum atomic E-state index is -0.0330. The van der Waals surface area contributed by atoms with Crippen LogP contribution in [0, 0.1) is 10.8 Å². The van der Waals surface area contributed by atoms with E-state index in [0.29, 0.717) is 5.69 Å². The fraction of sp³-hybridized carbons (Fsp3) is 0.583. The molecule has 4 heteroatoms. The summed E-state index contributed by atoms with van der Waals surface area (Å²) in [6.07, 6.45) is 1.76. The second-order valence-corrected chi connectivity index (χ2v) is 6.50. The molecule has 1 amide bonds. The summed E-state index contributed by atoms with van der Waals surface area (Å²) in [5.41, 5.74) is 0.948. The minimum absolute atomic E-state index is 0.0330. The quantitative estimate of drug-likeness (QED) is 0.862. The lowest BCUT2D eigenvalue weighted by Crippen LogP contribution is -2.29. The number of H-pyrrole nitrogens is 1. The van der Waals surface area contributed by atoms with Crippen LogP contribution in [0.5, 0.6) is 0 Å². The van der Waals surface area contributed by atoms with E-state index in [1.807, 2.05) is 0 Å². The van der Waals surface area contributed by atoms with Gasteiger partial charge in [0.25, 0.3) is 5.91 Å². The number of aromatic amines is 1. The molecule has 1 aromatic heterocycles. The molecule has 2 N–H and O–H groups in total. The molecule has 0 saturated heterocycles. The number of aromatic nitrogens is 1. The first-order valence-corrected chi connectivity index (χ1v) is 6.21. The molecule has 0 bridgehead atoms. The van der Waals surface area contributed by atoms with E-state index in [-0.39, 0.29) is 22.8 Å². The maximum atomic E-state index is 11.9. The van der Waals surface area contributed by atoms with Gasteiger partial charge in [-0.15, -0.1) is 0 Å². The Hall–Kier alpha value is -0.770. The highest BCUT2D eigenvalue weighted by Gasteiger charge is 2.65. The Labute approximate surface area is 104 Å². The van der Waals surface area contributed by atoms with Crippen LogP contribution in [-0.2, 0) is 0 Å². The summed E-state index contributed by atoms with van der Waals surface area (Å²) in [6, 6.07) is 2.03. The lowest BCUT2D eigenvalue weighted by Gasteiger charge is -2.04. The third-order valence-corrected chi connectivity index (χ3v) is 4.65. The molecule has 1 aromatic rings. The third-order valence-electron chi connectivity index (χ3n) is 4.19. The number of carbonyl (C=O) groups is 1. The first kappa shape index (κ1) is 11.7. The smallest absolute Gasteiger partial charge is 0.267 e. The van der Waals surface area contributed by atoms with Crippen molar-refractivity contribution in [3.63, 3.8) is 0 Å². The number of hydrogen-bond donors (Lipinski definition) is 2. The molecule has 1 heterocycles. The van der Waals surface area contributed by atoms with Crippen LogP contribution in [0.15, 0.2) is 16.7 Å². The maximum absolute atomic E-state index is 11.9. The van der Waals surface area contributed by atoms with Crippen molar-refractivity contribution in [1.82, 2.24) is 10.3 Å². The van der Waals surface area contributed by atoms with E-state index in [9.17, 15) is 4.79 Å². The molecular weight excluding hydrogens is 268 g/mol. The Morgan fingerprint density at radius 2 is 1.94 bits per heavy atom. The highest BCUT2D eigenvalue weighted by atomic mass is 79.9. The van der Waals surface area contributed by atoms with E-state index < -0.39 is 0 Å². The van der Waals surface area contributed by atoms with Crippen LogP contribution in [0.1, 0.15) is 38.2 Å². The number of carbonyl (C=O) groups excluding carboxylic acids is 1. The summed E-state index contributed by atoms with van der Waals surface area (Å²) < 4.78 is 0.895. The number of rotatable bonds is 2. The molecule has 88 valence electrons. The molecule has 0 atom stereocenters. The van der Waals surface area contributed by atoms with Crippen molar-refractivity contribution in [3.8, 4) is 0 Å². The predicted molar refractivity (Wildman–Crippen MR) is 67.3 cm³/mol. The Balaban J connectivity index is 2.06. The maximum Gasteiger partial charge on any atom is 0.267 e. The number of amides is 1. The van der Waals surface area contributed by atoms with Crippen LogP contribution in [-0.4, -0.2) is 16.9 Å². The van der Waals surface area contributed by atoms with Gasteiger partial charge >= 0.3 is 0 Å². The lowest BCUT2D eigenvalue weighted by atomic mass is 10.0. The van der Waals surface area contributed by atoms with Crippen LogP contribution in [0.2, 0.25) is 0 Å². The monoisotopic (exact) mass is 284 g/mol. The van der Waals surface area contributed by atoms with Crippen molar-refractivity contribution in [2.24, 2.45) is 10.8 Å². The highest BCUT2D eigenvalue weighted by molar-refractivity contribution is 9.10. The second kappa shape index (κ2) is 3.36. The standard InChI is InChI=1S/C12H17BrN2O/c1-11(2)10(12(11,3)4)15-9(16)8-5-7(13)6-14-8/h5-6,10,14H,1-4H3,(H,15,16). The summed E-state index contributed by atoms with van der Waals surface area (Å²) in [6.45, 7) is 8.73. The van der Waals surface area contributed by atoms with Crippen molar-refractivity contribution in [3.05, 3.63) is 22.4 Å². The predicted octanol–water partition coefficient (Wildman–Crippen LogP) is 2.94. The van der Waals surface area contributed by atoms with Gasteiger partial charge in [-0.25, -0.2) is 0 Å². The van der Waals surface area contributed by atoms with Gasteiger partial charge < -0.3 is 10.3 Å². The Kier molecular flexibility index (Phi) is 2.46. The SMILES string of the molecule is CC1(C)C(NC(=O)c2cc(Br)c[nH]2)C1(C)C. The Morgan fingerprint density at radius 3 is 2.31 bits per heavy atom. The topological polar surface area (TPSA) is 44.9 Å². The van der Waals surface area contributed by atoms with Gasteiger partial charge in [-0.1, -0.05) is 27.7 Å². The molecule has 1 aliphatic carbocycles. The van der Waals surface area contributed by atoms with Crippen molar-refractivity contribution >= 4 is 21.8 Å². The van der Waals surface area contributed by atoms with Gasteiger partial charge in [0, 0.05) is 16.7 Å². The molecule has 3 nitrogen and oxygen atoms in total. The van der Waals surface area contributed by atoms with E-state index in [1.54, 1.807) is 12.3 Å². The molecule has 16 heavy (non-hydrogen) atoms. The van der Waals surface area contributed by atoms with Gasteiger partial charge in [0.2, 0.25) is 0 Å². The summed E-state index contributed by atoms with van der Waals surface area (Å²) in [7, 11) is 0. The zero-order chi connectivity index (χ0) is 12.1. The zero-order valence-electron chi connectivity index (χ0n) is 10.0. The van der Waals surface area contributed by atoms with Crippen LogP contribution in [0.3, 0.4) is 0 Å². The Bertz CT molecular complexity index is 420. The van der Waals surface area contributed by atoms with Crippen molar-refractivity contribution in [2.45, 2.75) is 33.7 Å². The minimum Gasteiger partial charge on any atom is -0.356 e. The molecule has 0 radical (unpaired) electrons. The lowest BCUT2D eigenvalue weighted by molar-refractivity contribution is 0.0939. The molecule has 1 saturated carbocycles. The molecule has 0 spiro atoms. The fourth-order valence-corrected chi connectivity index (χ4v) is 2.61. The summed E-state index contributed by atoms with van der Waals surface area (Å²) in [5.74, 6) is -0.0330. The van der Waals surface area contributed by atoms with Crippen molar-refractivity contribution in [2.75, 3.05) is 0 Å². The van der Waals surface area contributed by atoms with Gasteiger partial charge in [-0.05, 0) is 32.8 Å². The Morgan fingerprint density at radius 1 is 1.38 bits per heavy atom. The van der Waals surface area contributed by atoms with Crippen LogP contribution >= 0.6 is 15.9 Å². The van der Waals surface area contributed by atoms with Gasteiger partial charge in [-0.2, -0.15) is 0 Å². The average Bonchev–Trinajstić information content (AvgIpc) is 2.58. The van der Waals surface area contributed by atoms with E-state index >= 15 is 0 Å². The van der Waals surface area contributed by atoms with Gasteiger partial charge in [0.15, 0.2) is 0 Å². The summed E-state index contributed by atoms with van der Waals surface area (Å²) in [5, 5.41) is 3.07. The number of nitrogens with one attached hydrogen (secondary N) is 2. The molecule has 0 unspecified atom stereocenters. The first-order valence-electron chi connectivity index (χ1n) is 5.41. The van der Waals surface area contributed by atoms with Gasteiger partial charge in [0.1, 0.15) is 5.69 Å². The fourth-order valence-electron chi connectivity index (χ4n) is 2.27. The van der Waals surface area contributed by atoms with Gasteiger partial charge in [-0.3, -0.25) is 4.79 Å². The molecule has 2 rings (SSSR count). The first-order chi connectivity index (χ1) is 7.26. The van der Waals surface area contributed by atoms with E-state index in [2.05, 4.69) is 53.9 Å². The van der Waals surface area contributed by atoms with Crippen molar-refractivity contribution in [1.29, 1.82) is 0 Å². The molecule has 0 aromatic carbocycles. The molecule has 1 fully saturated rings. The normalized spacial score (nSPS) is 21.8. The largest absolute Gasteiger partial charge is 0.356 e.